The molecule has 2 unspecified atom stereocenters. The molecule has 0 bridgehead atoms. The lowest BCUT2D eigenvalue weighted by molar-refractivity contribution is 0.287. The van der Waals surface area contributed by atoms with Crippen molar-refractivity contribution in [2.24, 2.45) is 17.7 Å². The predicted octanol–water partition coefficient (Wildman–Crippen LogP) is 1.95. The number of hydrazine groups is 1. The molecule has 0 saturated carbocycles. The van der Waals surface area contributed by atoms with E-state index in [9.17, 15) is 0 Å². The third-order valence-electron chi connectivity index (χ3n) is 2.90. The highest BCUT2D eigenvalue weighted by atomic mass is 16.3. The largest absolute Gasteiger partial charge is 0.469 e. The average molecular weight is 196 g/mol. The average Bonchev–Trinajstić information content (AvgIpc) is 2.65. The standard InChI is InChI=1S/C11H20N2O/c1-8(2)9(3)11(13-12)7-10-5-4-6-14-10/h4-6,8-9,11,13H,7,12H2,1-3H3. The van der Waals surface area contributed by atoms with Gasteiger partial charge in [0.15, 0.2) is 0 Å². The van der Waals surface area contributed by atoms with Crippen LogP contribution in [0.4, 0.5) is 0 Å². The minimum absolute atomic E-state index is 0.279. The fourth-order valence-corrected chi connectivity index (χ4v) is 1.51. The summed E-state index contributed by atoms with van der Waals surface area (Å²) in [7, 11) is 0. The summed E-state index contributed by atoms with van der Waals surface area (Å²) in [5, 5.41) is 0. The van der Waals surface area contributed by atoms with Crippen LogP contribution in [0.2, 0.25) is 0 Å². The number of hydrogen-bond acceptors (Lipinski definition) is 3. The second-order valence-electron chi connectivity index (χ2n) is 4.16. The Labute approximate surface area is 85.6 Å². The van der Waals surface area contributed by atoms with Gasteiger partial charge in [0, 0.05) is 12.5 Å². The van der Waals surface area contributed by atoms with Crippen molar-refractivity contribution in [3.63, 3.8) is 0 Å². The van der Waals surface area contributed by atoms with E-state index in [1.54, 1.807) is 6.26 Å². The van der Waals surface area contributed by atoms with E-state index < -0.39 is 0 Å². The summed E-state index contributed by atoms with van der Waals surface area (Å²) in [6, 6.07) is 4.17. The minimum atomic E-state index is 0.279. The van der Waals surface area contributed by atoms with Crippen LogP contribution in [0.25, 0.3) is 0 Å². The van der Waals surface area contributed by atoms with Crippen LogP contribution in [0.1, 0.15) is 26.5 Å². The van der Waals surface area contributed by atoms with Crippen molar-refractivity contribution in [2.45, 2.75) is 33.2 Å². The van der Waals surface area contributed by atoms with E-state index in [1.807, 2.05) is 12.1 Å². The lowest BCUT2D eigenvalue weighted by Gasteiger charge is -2.25. The van der Waals surface area contributed by atoms with E-state index in [4.69, 9.17) is 10.3 Å². The molecule has 0 aromatic carbocycles. The fourth-order valence-electron chi connectivity index (χ4n) is 1.51. The van der Waals surface area contributed by atoms with Gasteiger partial charge in [0.25, 0.3) is 0 Å². The van der Waals surface area contributed by atoms with Crippen LogP contribution in [0.5, 0.6) is 0 Å². The summed E-state index contributed by atoms with van der Waals surface area (Å²) in [6.07, 6.45) is 2.55. The number of nitrogens with one attached hydrogen (secondary N) is 1. The molecule has 3 heteroatoms. The van der Waals surface area contributed by atoms with Gasteiger partial charge < -0.3 is 4.42 Å². The maximum atomic E-state index is 5.54. The molecule has 1 heterocycles. The Balaban J connectivity index is 2.55. The van der Waals surface area contributed by atoms with Crippen molar-refractivity contribution in [2.75, 3.05) is 0 Å². The van der Waals surface area contributed by atoms with Crippen molar-refractivity contribution < 1.29 is 4.42 Å². The lowest BCUT2D eigenvalue weighted by atomic mass is 9.88. The van der Waals surface area contributed by atoms with E-state index in [0.717, 1.165) is 12.2 Å². The van der Waals surface area contributed by atoms with Gasteiger partial charge in [-0.1, -0.05) is 20.8 Å². The highest BCUT2D eigenvalue weighted by molar-refractivity contribution is 5.01. The number of furan rings is 1. The maximum Gasteiger partial charge on any atom is 0.105 e. The molecule has 0 aliphatic heterocycles. The molecule has 0 saturated heterocycles. The van der Waals surface area contributed by atoms with Gasteiger partial charge in [-0.25, -0.2) is 0 Å². The zero-order valence-corrected chi connectivity index (χ0v) is 9.16. The molecule has 80 valence electrons. The van der Waals surface area contributed by atoms with Crippen LogP contribution in [0.15, 0.2) is 22.8 Å². The van der Waals surface area contributed by atoms with Crippen LogP contribution in [-0.2, 0) is 6.42 Å². The maximum absolute atomic E-state index is 5.54. The number of rotatable bonds is 5. The highest BCUT2D eigenvalue weighted by Crippen LogP contribution is 2.17. The Kier molecular flexibility index (Phi) is 4.17. The molecule has 2 atom stereocenters. The van der Waals surface area contributed by atoms with Gasteiger partial charge in [-0.2, -0.15) is 0 Å². The van der Waals surface area contributed by atoms with Gasteiger partial charge in [-0.05, 0) is 24.0 Å². The lowest BCUT2D eigenvalue weighted by Crippen LogP contribution is -2.43. The molecule has 0 aliphatic rings. The van der Waals surface area contributed by atoms with Crippen LogP contribution < -0.4 is 11.3 Å². The smallest absolute Gasteiger partial charge is 0.105 e. The van der Waals surface area contributed by atoms with Crippen LogP contribution in [0, 0.1) is 11.8 Å². The molecule has 0 fully saturated rings. The summed E-state index contributed by atoms with van der Waals surface area (Å²) in [6.45, 7) is 6.62. The molecular formula is C11H20N2O. The second-order valence-corrected chi connectivity index (χ2v) is 4.16. The summed E-state index contributed by atoms with van der Waals surface area (Å²) in [5.41, 5.74) is 2.86. The van der Waals surface area contributed by atoms with Gasteiger partial charge in [0.1, 0.15) is 5.76 Å². The third kappa shape index (κ3) is 2.86. The Hall–Kier alpha value is -0.800. The fraction of sp³-hybridized carbons (Fsp3) is 0.636. The molecule has 0 amide bonds. The molecular weight excluding hydrogens is 176 g/mol. The Bertz CT molecular complexity index is 244. The highest BCUT2D eigenvalue weighted by Gasteiger charge is 2.20. The second kappa shape index (κ2) is 5.17. The Morgan fingerprint density at radius 2 is 2.14 bits per heavy atom. The third-order valence-corrected chi connectivity index (χ3v) is 2.90. The zero-order chi connectivity index (χ0) is 10.6. The summed E-state index contributed by atoms with van der Waals surface area (Å²) in [4.78, 5) is 0. The quantitative estimate of drug-likeness (QED) is 0.559. The normalized spacial score (nSPS) is 15.8. The van der Waals surface area contributed by atoms with Crippen LogP contribution >= 0.6 is 0 Å². The van der Waals surface area contributed by atoms with Crippen molar-refractivity contribution in [1.82, 2.24) is 5.43 Å². The van der Waals surface area contributed by atoms with Crippen molar-refractivity contribution in [3.8, 4) is 0 Å². The van der Waals surface area contributed by atoms with Gasteiger partial charge in [0.05, 0.1) is 6.26 Å². The minimum Gasteiger partial charge on any atom is -0.469 e. The molecule has 3 N–H and O–H groups in total. The summed E-state index contributed by atoms with van der Waals surface area (Å²) < 4.78 is 5.30. The Morgan fingerprint density at radius 1 is 1.43 bits per heavy atom. The van der Waals surface area contributed by atoms with E-state index in [-0.39, 0.29) is 6.04 Å². The monoisotopic (exact) mass is 196 g/mol. The molecule has 3 nitrogen and oxygen atoms in total. The molecule has 0 spiro atoms. The Morgan fingerprint density at radius 3 is 2.57 bits per heavy atom. The van der Waals surface area contributed by atoms with Gasteiger partial charge in [-0.3, -0.25) is 11.3 Å². The first-order valence-corrected chi connectivity index (χ1v) is 5.13. The summed E-state index contributed by atoms with van der Waals surface area (Å²) >= 11 is 0. The van der Waals surface area contributed by atoms with Gasteiger partial charge in [0.2, 0.25) is 0 Å². The van der Waals surface area contributed by atoms with Gasteiger partial charge in [-0.15, -0.1) is 0 Å². The summed E-state index contributed by atoms with van der Waals surface area (Å²) in [5.74, 6) is 7.67. The predicted molar refractivity (Wildman–Crippen MR) is 57.5 cm³/mol. The van der Waals surface area contributed by atoms with Gasteiger partial charge >= 0.3 is 0 Å². The number of hydrogen-bond donors (Lipinski definition) is 2. The zero-order valence-electron chi connectivity index (χ0n) is 9.16. The molecule has 0 aliphatic carbocycles. The number of nitrogens with two attached hydrogens (primary N) is 1. The molecule has 14 heavy (non-hydrogen) atoms. The van der Waals surface area contributed by atoms with Crippen molar-refractivity contribution in [3.05, 3.63) is 24.2 Å². The van der Waals surface area contributed by atoms with E-state index in [0.29, 0.717) is 11.8 Å². The SMILES string of the molecule is CC(C)C(C)C(Cc1ccco1)NN. The first-order chi connectivity index (χ1) is 6.65. The van der Waals surface area contributed by atoms with E-state index in [1.165, 1.54) is 0 Å². The molecule has 1 rings (SSSR count). The topological polar surface area (TPSA) is 51.2 Å². The van der Waals surface area contributed by atoms with E-state index in [2.05, 4.69) is 26.2 Å². The first-order valence-electron chi connectivity index (χ1n) is 5.13. The van der Waals surface area contributed by atoms with Crippen LogP contribution in [-0.4, -0.2) is 6.04 Å². The first kappa shape index (κ1) is 11.3. The molecule has 1 aromatic rings. The van der Waals surface area contributed by atoms with Crippen molar-refractivity contribution in [1.29, 1.82) is 0 Å². The molecule has 0 radical (unpaired) electrons. The van der Waals surface area contributed by atoms with Crippen molar-refractivity contribution >= 4 is 0 Å². The van der Waals surface area contributed by atoms with Crippen LogP contribution in [0.3, 0.4) is 0 Å². The molecule has 1 aromatic heterocycles. The van der Waals surface area contributed by atoms with E-state index >= 15 is 0 Å².